The maximum atomic E-state index is 12.9. The van der Waals surface area contributed by atoms with Crippen LogP contribution < -0.4 is 4.74 Å². The number of likely N-dealkylation sites (tertiary alicyclic amines) is 1. The van der Waals surface area contributed by atoms with Gasteiger partial charge in [0.2, 0.25) is 0 Å². The SMILES string of the molecule is COc1cc(C)c2c(ccn2C(=O)OC(C)(C)C)c1CN1CC[C@@H](C)C[C@H]1c1ccc(C)cc1. The summed E-state index contributed by atoms with van der Waals surface area (Å²) in [6.45, 7) is 14.0. The summed E-state index contributed by atoms with van der Waals surface area (Å²) in [5, 5.41) is 1.05. The molecule has 4 rings (SSSR count). The third-order valence-corrected chi connectivity index (χ3v) is 6.84. The Balaban J connectivity index is 1.75. The summed E-state index contributed by atoms with van der Waals surface area (Å²) in [7, 11) is 1.73. The zero-order valence-electron chi connectivity index (χ0n) is 21.6. The minimum Gasteiger partial charge on any atom is -0.496 e. The van der Waals surface area contributed by atoms with E-state index in [0.29, 0.717) is 12.0 Å². The van der Waals surface area contributed by atoms with Crippen LogP contribution in [0.25, 0.3) is 10.9 Å². The highest BCUT2D eigenvalue weighted by Crippen LogP contribution is 2.39. The van der Waals surface area contributed by atoms with Crippen molar-refractivity contribution in [2.75, 3.05) is 13.7 Å². The standard InChI is InChI=1S/C29H38N2O3/c1-19-8-10-22(11-9-19)25-16-20(2)12-14-30(25)18-24-23-13-15-31(28(32)34-29(4,5)6)27(23)21(3)17-26(24)33-7/h8-11,13,15,17,20,25H,12,14,16,18H2,1-7H3/t20-,25+/m1/s1. The van der Waals surface area contributed by atoms with Crippen molar-refractivity contribution in [1.82, 2.24) is 9.47 Å². The van der Waals surface area contributed by atoms with Crippen LogP contribution in [0.4, 0.5) is 4.79 Å². The summed E-state index contributed by atoms with van der Waals surface area (Å²) in [5.74, 6) is 1.56. The number of fused-ring (bicyclic) bond motifs is 1. The Bertz CT molecular complexity index is 1170. The van der Waals surface area contributed by atoms with Crippen molar-refractivity contribution in [1.29, 1.82) is 0 Å². The Hall–Kier alpha value is -2.79. The first-order valence-electron chi connectivity index (χ1n) is 12.3. The van der Waals surface area contributed by atoms with Crippen LogP contribution in [0, 0.1) is 19.8 Å². The molecule has 3 aromatic rings. The van der Waals surface area contributed by atoms with Crippen molar-refractivity contribution in [3.05, 3.63) is 64.8 Å². The Labute approximate surface area is 203 Å². The quantitative estimate of drug-likeness (QED) is 0.418. The smallest absolute Gasteiger partial charge is 0.419 e. The number of carbonyl (C=O) groups excluding carboxylic acids is 1. The second-order valence-electron chi connectivity index (χ2n) is 10.8. The highest BCUT2D eigenvalue weighted by molar-refractivity contribution is 5.95. The van der Waals surface area contributed by atoms with Gasteiger partial charge < -0.3 is 9.47 Å². The number of aryl methyl sites for hydroxylation is 2. The average molecular weight is 463 g/mol. The number of rotatable bonds is 4. The number of methoxy groups -OCH3 is 1. The van der Waals surface area contributed by atoms with Crippen molar-refractivity contribution < 1.29 is 14.3 Å². The molecule has 0 bridgehead atoms. The first-order chi connectivity index (χ1) is 16.1. The lowest BCUT2D eigenvalue weighted by Gasteiger charge is -2.39. The van der Waals surface area contributed by atoms with Crippen LogP contribution in [0.5, 0.6) is 5.75 Å². The summed E-state index contributed by atoms with van der Waals surface area (Å²) in [4.78, 5) is 15.5. The lowest BCUT2D eigenvalue weighted by molar-refractivity contribution is 0.0544. The van der Waals surface area contributed by atoms with E-state index in [2.05, 4.69) is 43.0 Å². The molecule has 182 valence electrons. The van der Waals surface area contributed by atoms with Gasteiger partial charge in [-0.15, -0.1) is 0 Å². The van der Waals surface area contributed by atoms with E-state index in [1.807, 2.05) is 46.0 Å². The summed E-state index contributed by atoms with van der Waals surface area (Å²) < 4.78 is 13.2. The van der Waals surface area contributed by atoms with Crippen LogP contribution in [0.3, 0.4) is 0 Å². The number of hydrogen-bond donors (Lipinski definition) is 0. The monoisotopic (exact) mass is 462 g/mol. The third-order valence-electron chi connectivity index (χ3n) is 6.84. The highest BCUT2D eigenvalue weighted by Gasteiger charge is 2.30. The van der Waals surface area contributed by atoms with Crippen molar-refractivity contribution in [2.24, 2.45) is 5.92 Å². The van der Waals surface area contributed by atoms with Crippen molar-refractivity contribution >= 4 is 17.0 Å². The molecule has 1 aliphatic heterocycles. The fourth-order valence-electron chi connectivity index (χ4n) is 5.09. The predicted molar refractivity (Wildman–Crippen MR) is 138 cm³/mol. The fraction of sp³-hybridized carbons (Fsp3) is 0.483. The molecule has 5 nitrogen and oxygen atoms in total. The van der Waals surface area contributed by atoms with Gasteiger partial charge >= 0.3 is 6.09 Å². The molecule has 1 aromatic heterocycles. The molecule has 2 heterocycles. The number of carbonyl (C=O) groups is 1. The summed E-state index contributed by atoms with van der Waals surface area (Å²) in [6.07, 6.45) is 3.79. The van der Waals surface area contributed by atoms with Gasteiger partial charge in [0, 0.05) is 29.7 Å². The second-order valence-corrected chi connectivity index (χ2v) is 10.8. The molecule has 34 heavy (non-hydrogen) atoms. The first kappa shape index (κ1) is 24.3. The van der Waals surface area contributed by atoms with Crippen LogP contribution in [-0.2, 0) is 11.3 Å². The molecule has 1 fully saturated rings. The fourth-order valence-corrected chi connectivity index (χ4v) is 5.09. The van der Waals surface area contributed by atoms with Gasteiger partial charge in [-0.05, 0) is 83.2 Å². The maximum Gasteiger partial charge on any atom is 0.419 e. The van der Waals surface area contributed by atoms with Crippen LogP contribution in [-0.4, -0.2) is 34.8 Å². The number of nitrogens with zero attached hydrogens (tertiary/aromatic N) is 2. The second kappa shape index (κ2) is 9.46. The van der Waals surface area contributed by atoms with Gasteiger partial charge in [-0.25, -0.2) is 4.79 Å². The van der Waals surface area contributed by atoms with Crippen molar-refractivity contribution in [3.63, 3.8) is 0 Å². The number of piperidine rings is 1. The molecular formula is C29H38N2O3. The number of hydrogen-bond acceptors (Lipinski definition) is 4. The number of ether oxygens (including phenoxy) is 2. The lowest BCUT2D eigenvalue weighted by atomic mass is 9.87. The molecule has 0 radical (unpaired) electrons. The largest absolute Gasteiger partial charge is 0.496 e. The summed E-state index contributed by atoms with van der Waals surface area (Å²) in [5.41, 5.74) is 5.10. The third kappa shape index (κ3) is 5.00. The van der Waals surface area contributed by atoms with E-state index in [1.54, 1.807) is 11.7 Å². The van der Waals surface area contributed by atoms with Gasteiger partial charge in [0.1, 0.15) is 11.4 Å². The van der Waals surface area contributed by atoms with Gasteiger partial charge in [0.15, 0.2) is 0 Å². The average Bonchev–Trinajstić information content (AvgIpc) is 3.22. The van der Waals surface area contributed by atoms with Crippen LogP contribution in [0.1, 0.15) is 68.8 Å². The molecule has 0 spiro atoms. The first-order valence-corrected chi connectivity index (χ1v) is 12.3. The Morgan fingerprint density at radius 1 is 1.12 bits per heavy atom. The summed E-state index contributed by atoms with van der Waals surface area (Å²) >= 11 is 0. The molecule has 0 unspecified atom stereocenters. The van der Waals surface area contributed by atoms with Gasteiger partial charge in [-0.1, -0.05) is 36.8 Å². The van der Waals surface area contributed by atoms with Crippen LogP contribution in [0.15, 0.2) is 42.6 Å². The zero-order chi connectivity index (χ0) is 24.6. The normalized spacial score (nSPS) is 19.4. The van der Waals surface area contributed by atoms with E-state index in [4.69, 9.17) is 9.47 Å². The zero-order valence-corrected chi connectivity index (χ0v) is 21.6. The van der Waals surface area contributed by atoms with E-state index >= 15 is 0 Å². The predicted octanol–water partition coefficient (Wildman–Crippen LogP) is 7.02. The van der Waals surface area contributed by atoms with Crippen LogP contribution in [0.2, 0.25) is 0 Å². The van der Waals surface area contributed by atoms with Gasteiger partial charge in [0.25, 0.3) is 0 Å². The van der Waals surface area contributed by atoms with Gasteiger partial charge in [-0.3, -0.25) is 9.47 Å². The Morgan fingerprint density at radius 3 is 2.47 bits per heavy atom. The van der Waals surface area contributed by atoms with E-state index in [0.717, 1.165) is 47.3 Å². The molecule has 0 N–H and O–H groups in total. The van der Waals surface area contributed by atoms with E-state index in [1.165, 1.54) is 17.5 Å². The molecule has 5 heteroatoms. The molecule has 0 saturated carbocycles. The van der Waals surface area contributed by atoms with Crippen LogP contribution >= 0.6 is 0 Å². The minimum atomic E-state index is -0.553. The molecule has 0 amide bonds. The lowest BCUT2D eigenvalue weighted by Crippen LogP contribution is -2.36. The molecular weight excluding hydrogens is 424 g/mol. The van der Waals surface area contributed by atoms with E-state index in [9.17, 15) is 4.79 Å². The number of aromatic nitrogens is 1. The molecule has 2 atom stereocenters. The maximum absolute atomic E-state index is 12.9. The molecule has 0 aliphatic carbocycles. The Morgan fingerprint density at radius 2 is 1.82 bits per heavy atom. The topological polar surface area (TPSA) is 43.7 Å². The van der Waals surface area contributed by atoms with E-state index in [-0.39, 0.29) is 6.09 Å². The van der Waals surface area contributed by atoms with Gasteiger partial charge in [0.05, 0.1) is 12.6 Å². The highest BCUT2D eigenvalue weighted by atomic mass is 16.6. The molecule has 1 aliphatic rings. The van der Waals surface area contributed by atoms with E-state index < -0.39 is 5.60 Å². The van der Waals surface area contributed by atoms with Crippen molar-refractivity contribution in [3.8, 4) is 5.75 Å². The number of benzene rings is 2. The Kier molecular flexibility index (Phi) is 6.77. The van der Waals surface area contributed by atoms with Crippen molar-refractivity contribution in [2.45, 2.75) is 72.6 Å². The molecule has 1 saturated heterocycles. The van der Waals surface area contributed by atoms with Gasteiger partial charge in [-0.2, -0.15) is 0 Å². The minimum absolute atomic E-state index is 0.356. The molecule has 2 aromatic carbocycles. The summed E-state index contributed by atoms with van der Waals surface area (Å²) in [6, 6.07) is 13.4.